The lowest BCUT2D eigenvalue weighted by atomic mass is 10.1. The Balaban J connectivity index is 2.00. The van der Waals surface area contributed by atoms with Gasteiger partial charge in [-0.1, -0.05) is 37.6 Å². The average Bonchev–Trinajstić information content (AvgIpc) is 2.75. The van der Waals surface area contributed by atoms with Crippen molar-refractivity contribution in [2.75, 3.05) is 41.2 Å². The molecule has 0 unspecified atom stereocenters. The summed E-state index contributed by atoms with van der Waals surface area (Å²) in [6.45, 7) is 5.94. The van der Waals surface area contributed by atoms with Crippen LogP contribution in [-0.2, 0) is 19.6 Å². The summed E-state index contributed by atoms with van der Waals surface area (Å²) in [5, 5.41) is 3.11. The topological polar surface area (TPSA) is 87.7 Å². The molecule has 0 aromatic heterocycles. The summed E-state index contributed by atoms with van der Waals surface area (Å²) in [5.41, 5.74) is 1.28. The van der Waals surface area contributed by atoms with E-state index in [1.165, 1.54) is 6.07 Å². The number of para-hydroxylation sites is 1. The summed E-state index contributed by atoms with van der Waals surface area (Å²) in [4.78, 5) is 14.3. The highest BCUT2D eigenvalue weighted by Gasteiger charge is 2.25. The molecule has 1 aliphatic heterocycles. The summed E-state index contributed by atoms with van der Waals surface area (Å²) in [6, 6.07) is 11.6. The van der Waals surface area contributed by atoms with E-state index in [9.17, 15) is 13.2 Å². The molecule has 2 aromatic rings. The Labute approximate surface area is 182 Å². The third-order valence-electron chi connectivity index (χ3n) is 5.05. The summed E-state index contributed by atoms with van der Waals surface area (Å²) >= 11 is 6.15. The number of halogens is 1. The van der Waals surface area contributed by atoms with Crippen LogP contribution < -0.4 is 14.9 Å². The molecule has 1 aliphatic rings. The van der Waals surface area contributed by atoms with Gasteiger partial charge in [0.2, 0.25) is 5.91 Å². The summed E-state index contributed by atoms with van der Waals surface area (Å²) in [5.74, 6) is -0.329. The predicted octanol–water partition coefficient (Wildman–Crippen LogP) is 3.96. The zero-order valence-corrected chi connectivity index (χ0v) is 18.6. The molecule has 1 fully saturated rings. The zero-order chi connectivity index (χ0) is 21.7. The fourth-order valence-corrected chi connectivity index (χ4v) is 4.64. The lowest BCUT2D eigenvalue weighted by Crippen LogP contribution is -2.37. The van der Waals surface area contributed by atoms with Crippen LogP contribution >= 0.6 is 11.6 Å². The van der Waals surface area contributed by atoms with Crippen LogP contribution in [0.25, 0.3) is 0 Å². The largest absolute Gasteiger partial charge is 0.378 e. The second-order valence-corrected chi connectivity index (χ2v) is 9.22. The van der Waals surface area contributed by atoms with Crippen LogP contribution in [0.5, 0.6) is 0 Å². The second kappa shape index (κ2) is 9.68. The van der Waals surface area contributed by atoms with Crippen molar-refractivity contribution in [2.24, 2.45) is 5.92 Å². The Hall–Kier alpha value is -2.29. The summed E-state index contributed by atoms with van der Waals surface area (Å²) in [6.07, 6.45) is 0.691. The number of nitrogens with one attached hydrogen (secondary N) is 2. The monoisotopic (exact) mass is 451 g/mol. The first-order valence-corrected chi connectivity index (χ1v) is 11.7. The van der Waals surface area contributed by atoms with Gasteiger partial charge in [0.05, 0.1) is 29.6 Å². The molecule has 0 bridgehead atoms. The fourth-order valence-electron chi connectivity index (χ4n) is 3.07. The molecular weight excluding hydrogens is 426 g/mol. The van der Waals surface area contributed by atoms with Gasteiger partial charge in [-0.05, 0) is 36.8 Å². The number of amides is 1. The summed E-state index contributed by atoms with van der Waals surface area (Å²) < 4.78 is 34.6. The molecule has 0 saturated carbocycles. The molecule has 1 heterocycles. The minimum atomic E-state index is -3.97. The van der Waals surface area contributed by atoms with Gasteiger partial charge in [0.25, 0.3) is 10.0 Å². The van der Waals surface area contributed by atoms with Crippen LogP contribution in [0.15, 0.2) is 47.4 Å². The molecule has 162 valence electrons. The van der Waals surface area contributed by atoms with Crippen molar-refractivity contribution >= 4 is 44.6 Å². The van der Waals surface area contributed by atoms with E-state index in [-0.39, 0.29) is 16.7 Å². The highest BCUT2D eigenvalue weighted by molar-refractivity contribution is 7.93. The maximum Gasteiger partial charge on any atom is 0.264 e. The minimum Gasteiger partial charge on any atom is -0.378 e. The number of ether oxygens (including phenoxy) is 1. The molecule has 2 N–H and O–H groups in total. The van der Waals surface area contributed by atoms with Crippen molar-refractivity contribution in [1.82, 2.24) is 0 Å². The maximum atomic E-state index is 13.3. The number of anilines is 3. The van der Waals surface area contributed by atoms with Crippen LogP contribution in [0, 0.1) is 5.92 Å². The van der Waals surface area contributed by atoms with E-state index in [0.29, 0.717) is 54.8 Å². The highest BCUT2D eigenvalue weighted by atomic mass is 35.5. The molecule has 3 rings (SSSR count). The van der Waals surface area contributed by atoms with E-state index >= 15 is 0 Å². The van der Waals surface area contributed by atoms with Crippen LogP contribution in [0.1, 0.15) is 20.3 Å². The zero-order valence-electron chi connectivity index (χ0n) is 17.0. The number of benzene rings is 2. The third kappa shape index (κ3) is 5.24. The van der Waals surface area contributed by atoms with Gasteiger partial charge in [-0.2, -0.15) is 0 Å². The van der Waals surface area contributed by atoms with Gasteiger partial charge in [0.15, 0.2) is 0 Å². The SMILES string of the molecule is CC[C@H](C)C(=O)Nc1ccc(N2CCOCC2)c(S(=O)(=O)Nc2ccccc2Cl)c1. The molecule has 1 amide bonds. The van der Waals surface area contributed by atoms with Gasteiger partial charge in [-0.25, -0.2) is 8.42 Å². The van der Waals surface area contributed by atoms with Gasteiger partial charge in [-0.3, -0.25) is 9.52 Å². The molecule has 0 radical (unpaired) electrons. The first-order chi connectivity index (χ1) is 14.3. The van der Waals surface area contributed by atoms with Crippen molar-refractivity contribution in [1.29, 1.82) is 0 Å². The Kier molecular flexibility index (Phi) is 7.23. The van der Waals surface area contributed by atoms with Crippen molar-refractivity contribution < 1.29 is 17.9 Å². The Morgan fingerprint density at radius 2 is 1.90 bits per heavy atom. The predicted molar refractivity (Wildman–Crippen MR) is 120 cm³/mol. The molecule has 9 heteroatoms. The molecule has 1 saturated heterocycles. The van der Waals surface area contributed by atoms with E-state index in [1.54, 1.807) is 36.4 Å². The van der Waals surface area contributed by atoms with Crippen molar-refractivity contribution in [3.8, 4) is 0 Å². The van der Waals surface area contributed by atoms with E-state index < -0.39 is 10.0 Å². The van der Waals surface area contributed by atoms with Crippen LogP contribution in [-0.4, -0.2) is 40.6 Å². The Bertz CT molecular complexity index is 1010. The van der Waals surface area contributed by atoms with E-state index in [4.69, 9.17) is 16.3 Å². The maximum absolute atomic E-state index is 13.3. The Morgan fingerprint density at radius 3 is 2.57 bits per heavy atom. The van der Waals surface area contributed by atoms with Gasteiger partial charge < -0.3 is 15.0 Å². The molecule has 2 aromatic carbocycles. The average molecular weight is 452 g/mol. The van der Waals surface area contributed by atoms with Gasteiger partial charge in [0, 0.05) is 24.7 Å². The van der Waals surface area contributed by atoms with E-state index in [0.717, 1.165) is 0 Å². The minimum absolute atomic E-state index is 0.0753. The number of carbonyl (C=O) groups is 1. The van der Waals surface area contributed by atoms with Gasteiger partial charge in [-0.15, -0.1) is 0 Å². The number of hydrogen-bond donors (Lipinski definition) is 2. The fraction of sp³-hybridized carbons (Fsp3) is 0.381. The molecule has 0 spiro atoms. The first kappa shape index (κ1) is 22.4. The standard InChI is InChI=1S/C21H26ClN3O4S/c1-3-15(2)21(26)23-16-8-9-19(25-10-12-29-13-11-25)20(14-16)30(27,28)24-18-7-5-4-6-17(18)22/h4-9,14-15,24H,3,10-13H2,1-2H3,(H,23,26)/t15-/m0/s1. The van der Waals surface area contributed by atoms with Crippen molar-refractivity contribution in [3.63, 3.8) is 0 Å². The van der Waals surface area contributed by atoms with Crippen LogP contribution in [0.4, 0.5) is 17.1 Å². The number of hydrogen-bond acceptors (Lipinski definition) is 5. The van der Waals surface area contributed by atoms with Crippen LogP contribution in [0.2, 0.25) is 5.02 Å². The smallest absolute Gasteiger partial charge is 0.264 e. The number of morpholine rings is 1. The molecule has 1 atom stereocenters. The number of nitrogens with zero attached hydrogens (tertiary/aromatic N) is 1. The quantitative estimate of drug-likeness (QED) is 0.665. The second-order valence-electron chi connectivity index (χ2n) is 7.17. The lowest BCUT2D eigenvalue weighted by molar-refractivity contribution is -0.119. The number of carbonyl (C=O) groups excluding carboxylic acids is 1. The summed E-state index contributed by atoms with van der Waals surface area (Å²) in [7, 11) is -3.97. The van der Waals surface area contributed by atoms with Crippen molar-refractivity contribution in [3.05, 3.63) is 47.5 Å². The number of rotatable bonds is 7. The van der Waals surface area contributed by atoms with Gasteiger partial charge in [0.1, 0.15) is 4.90 Å². The lowest BCUT2D eigenvalue weighted by Gasteiger charge is -2.30. The van der Waals surface area contributed by atoms with E-state index in [2.05, 4.69) is 10.0 Å². The van der Waals surface area contributed by atoms with Gasteiger partial charge >= 0.3 is 0 Å². The van der Waals surface area contributed by atoms with Crippen LogP contribution in [0.3, 0.4) is 0 Å². The van der Waals surface area contributed by atoms with E-state index in [1.807, 2.05) is 18.7 Å². The highest BCUT2D eigenvalue weighted by Crippen LogP contribution is 2.32. The third-order valence-corrected chi connectivity index (χ3v) is 6.77. The number of sulfonamides is 1. The van der Waals surface area contributed by atoms with Crippen molar-refractivity contribution in [2.45, 2.75) is 25.2 Å². The Morgan fingerprint density at radius 1 is 1.20 bits per heavy atom. The normalized spacial score (nSPS) is 15.5. The molecule has 7 nitrogen and oxygen atoms in total. The molecule has 0 aliphatic carbocycles. The molecule has 30 heavy (non-hydrogen) atoms. The molecular formula is C21H26ClN3O4S. The first-order valence-electron chi connectivity index (χ1n) is 9.86.